The fourth-order valence-electron chi connectivity index (χ4n) is 2.12. The number of sulfone groups is 1. The lowest BCUT2D eigenvalue weighted by Gasteiger charge is -2.10. The van der Waals surface area contributed by atoms with E-state index in [4.69, 9.17) is 0 Å². The molecule has 0 unspecified atom stereocenters. The minimum atomic E-state index is -2.98. The van der Waals surface area contributed by atoms with Gasteiger partial charge in [0.25, 0.3) is 0 Å². The van der Waals surface area contributed by atoms with Gasteiger partial charge in [-0.1, -0.05) is 24.3 Å². The third-order valence-corrected chi connectivity index (χ3v) is 4.33. The fraction of sp³-hybridized carbons (Fsp3) is 0.562. The van der Waals surface area contributed by atoms with Crippen molar-refractivity contribution in [1.29, 1.82) is 0 Å². The molecular weight excluding hydrogens is 298 g/mol. The van der Waals surface area contributed by atoms with E-state index in [1.807, 2.05) is 31.2 Å². The number of guanidine groups is 1. The van der Waals surface area contributed by atoms with Crippen molar-refractivity contribution in [2.75, 3.05) is 19.3 Å². The molecule has 0 heterocycles. The second kappa shape index (κ2) is 7.63. The van der Waals surface area contributed by atoms with Crippen molar-refractivity contribution >= 4 is 15.8 Å². The summed E-state index contributed by atoms with van der Waals surface area (Å²) in [5.41, 5.74) is 1.88. The zero-order chi connectivity index (χ0) is 16.0. The summed E-state index contributed by atoms with van der Waals surface area (Å²) >= 11 is 0. The SMILES string of the molecule is CCNC(=NCc1ccc(CS(C)(=O)=O)cc1)NCC1CC1. The van der Waals surface area contributed by atoms with E-state index in [1.165, 1.54) is 19.1 Å². The van der Waals surface area contributed by atoms with Gasteiger partial charge in [-0.15, -0.1) is 0 Å². The maximum absolute atomic E-state index is 11.3. The molecule has 1 aromatic carbocycles. The minimum absolute atomic E-state index is 0.0854. The summed E-state index contributed by atoms with van der Waals surface area (Å²) in [5.74, 6) is 1.73. The van der Waals surface area contributed by atoms with E-state index in [1.54, 1.807) is 0 Å². The van der Waals surface area contributed by atoms with Crippen molar-refractivity contribution in [2.24, 2.45) is 10.9 Å². The Morgan fingerprint density at radius 3 is 2.36 bits per heavy atom. The van der Waals surface area contributed by atoms with Crippen LogP contribution >= 0.6 is 0 Å². The summed E-state index contributed by atoms with van der Waals surface area (Å²) in [6.45, 7) is 4.45. The van der Waals surface area contributed by atoms with Crippen molar-refractivity contribution in [3.63, 3.8) is 0 Å². The van der Waals surface area contributed by atoms with E-state index in [2.05, 4.69) is 15.6 Å². The Labute approximate surface area is 133 Å². The first-order valence-corrected chi connectivity index (χ1v) is 9.80. The summed E-state index contributed by atoms with van der Waals surface area (Å²) in [6.07, 6.45) is 3.88. The molecule has 0 aliphatic heterocycles. The van der Waals surface area contributed by atoms with Gasteiger partial charge >= 0.3 is 0 Å². The molecule has 6 heteroatoms. The van der Waals surface area contributed by atoms with Gasteiger partial charge in [-0.2, -0.15) is 0 Å². The zero-order valence-corrected chi connectivity index (χ0v) is 14.1. The van der Waals surface area contributed by atoms with Crippen LogP contribution in [0.2, 0.25) is 0 Å². The molecule has 1 saturated carbocycles. The van der Waals surface area contributed by atoms with Crippen LogP contribution in [0.4, 0.5) is 0 Å². The Kier molecular flexibility index (Phi) is 5.83. The highest BCUT2D eigenvalue weighted by molar-refractivity contribution is 7.89. The molecule has 22 heavy (non-hydrogen) atoms. The van der Waals surface area contributed by atoms with E-state index in [0.29, 0.717) is 6.54 Å². The highest BCUT2D eigenvalue weighted by atomic mass is 32.2. The average Bonchev–Trinajstić information content (AvgIpc) is 3.26. The molecule has 0 spiro atoms. The van der Waals surface area contributed by atoms with Gasteiger partial charge in [0, 0.05) is 19.3 Å². The molecule has 1 aliphatic carbocycles. The second-order valence-corrected chi connectivity index (χ2v) is 8.05. The quantitative estimate of drug-likeness (QED) is 0.592. The van der Waals surface area contributed by atoms with E-state index in [9.17, 15) is 8.42 Å². The third kappa shape index (κ3) is 6.47. The summed E-state index contributed by atoms with van der Waals surface area (Å²) < 4.78 is 22.5. The zero-order valence-electron chi connectivity index (χ0n) is 13.3. The van der Waals surface area contributed by atoms with E-state index >= 15 is 0 Å². The van der Waals surface area contributed by atoms with Crippen LogP contribution in [0.5, 0.6) is 0 Å². The Balaban J connectivity index is 1.90. The molecule has 122 valence electrons. The van der Waals surface area contributed by atoms with E-state index < -0.39 is 9.84 Å². The number of hydrogen-bond donors (Lipinski definition) is 2. The van der Waals surface area contributed by atoms with Gasteiger partial charge in [0.1, 0.15) is 0 Å². The van der Waals surface area contributed by atoms with Crippen molar-refractivity contribution in [1.82, 2.24) is 10.6 Å². The molecule has 2 N–H and O–H groups in total. The van der Waals surface area contributed by atoms with Crippen LogP contribution in [0.1, 0.15) is 30.9 Å². The van der Waals surface area contributed by atoms with Crippen molar-refractivity contribution in [2.45, 2.75) is 32.1 Å². The maximum atomic E-state index is 11.3. The van der Waals surface area contributed by atoms with Gasteiger partial charge in [-0.25, -0.2) is 13.4 Å². The van der Waals surface area contributed by atoms with Crippen LogP contribution in [0.25, 0.3) is 0 Å². The lowest BCUT2D eigenvalue weighted by atomic mass is 10.1. The first-order chi connectivity index (χ1) is 10.5. The summed E-state index contributed by atoms with van der Waals surface area (Å²) in [6, 6.07) is 7.59. The van der Waals surface area contributed by atoms with Crippen LogP contribution in [-0.4, -0.2) is 33.7 Å². The Morgan fingerprint density at radius 2 is 1.82 bits per heavy atom. The fourth-order valence-corrected chi connectivity index (χ4v) is 2.92. The molecule has 2 rings (SSSR count). The average molecular weight is 323 g/mol. The van der Waals surface area contributed by atoms with Gasteiger partial charge in [0.2, 0.25) is 0 Å². The number of hydrogen-bond acceptors (Lipinski definition) is 3. The molecule has 5 nitrogen and oxygen atoms in total. The molecule has 0 saturated heterocycles. The van der Waals surface area contributed by atoms with Crippen LogP contribution in [0.15, 0.2) is 29.3 Å². The first kappa shape index (κ1) is 16.8. The van der Waals surface area contributed by atoms with Crippen LogP contribution in [0, 0.1) is 5.92 Å². The molecule has 0 amide bonds. The van der Waals surface area contributed by atoms with Crippen LogP contribution in [0.3, 0.4) is 0 Å². The van der Waals surface area contributed by atoms with Gasteiger partial charge in [0.15, 0.2) is 15.8 Å². The summed E-state index contributed by atoms with van der Waals surface area (Å²) in [4.78, 5) is 4.56. The third-order valence-electron chi connectivity index (χ3n) is 3.47. The molecule has 0 radical (unpaired) electrons. The molecule has 1 aromatic rings. The Morgan fingerprint density at radius 1 is 1.18 bits per heavy atom. The van der Waals surface area contributed by atoms with Crippen molar-refractivity contribution in [3.05, 3.63) is 35.4 Å². The van der Waals surface area contributed by atoms with Crippen LogP contribution in [-0.2, 0) is 22.1 Å². The van der Waals surface area contributed by atoms with Crippen molar-refractivity contribution < 1.29 is 8.42 Å². The normalized spacial score (nSPS) is 15.6. The number of nitrogens with zero attached hydrogens (tertiary/aromatic N) is 1. The summed E-state index contributed by atoms with van der Waals surface area (Å²) in [5, 5.41) is 6.59. The molecule has 0 bridgehead atoms. The van der Waals surface area contributed by atoms with E-state index in [0.717, 1.165) is 36.1 Å². The molecule has 1 aliphatic rings. The Hall–Kier alpha value is -1.56. The monoisotopic (exact) mass is 323 g/mol. The van der Waals surface area contributed by atoms with Crippen LogP contribution < -0.4 is 10.6 Å². The molecule has 1 fully saturated rings. The summed E-state index contributed by atoms with van der Waals surface area (Å²) in [7, 11) is -2.98. The minimum Gasteiger partial charge on any atom is -0.357 e. The highest BCUT2D eigenvalue weighted by Gasteiger charge is 2.20. The van der Waals surface area contributed by atoms with Gasteiger partial charge < -0.3 is 10.6 Å². The molecular formula is C16H25N3O2S. The van der Waals surface area contributed by atoms with Gasteiger partial charge in [-0.3, -0.25) is 0 Å². The van der Waals surface area contributed by atoms with E-state index in [-0.39, 0.29) is 5.75 Å². The topological polar surface area (TPSA) is 70.6 Å². The molecule has 0 aromatic heterocycles. The largest absolute Gasteiger partial charge is 0.357 e. The lowest BCUT2D eigenvalue weighted by molar-refractivity contribution is 0.601. The van der Waals surface area contributed by atoms with Crippen molar-refractivity contribution in [3.8, 4) is 0 Å². The Bertz CT molecular complexity index is 605. The molecule has 0 atom stereocenters. The number of nitrogens with one attached hydrogen (secondary N) is 2. The van der Waals surface area contributed by atoms with Gasteiger partial charge in [-0.05, 0) is 36.8 Å². The predicted octanol–water partition coefficient (Wildman–Crippen LogP) is 1.70. The number of rotatable bonds is 7. The lowest BCUT2D eigenvalue weighted by Crippen LogP contribution is -2.38. The standard InChI is InChI=1S/C16H25N3O2S/c1-3-17-16(18-10-13-4-5-13)19-11-14-6-8-15(9-7-14)12-22(2,20)21/h6-9,13H,3-5,10-12H2,1-2H3,(H2,17,18,19). The number of aliphatic imine (C=N–C) groups is 1. The van der Waals surface area contributed by atoms with Gasteiger partial charge in [0.05, 0.1) is 12.3 Å². The smallest absolute Gasteiger partial charge is 0.191 e. The highest BCUT2D eigenvalue weighted by Crippen LogP contribution is 2.27. The first-order valence-electron chi connectivity index (χ1n) is 7.74. The second-order valence-electron chi connectivity index (χ2n) is 5.91. The predicted molar refractivity (Wildman–Crippen MR) is 90.5 cm³/mol. The maximum Gasteiger partial charge on any atom is 0.191 e. The number of benzene rings is 1.